The molecule has 7 nitrogen and oxygen atoms in total. The van der Waals surface area contributed by atoms with E-state index in [1.807, 2.05) is 30.3 Å². The van der Waals surface area contributed by atoms with Gasteiger partial charge in [-0.2, -0.15) is 0 Å². The van der Waals surface area contributed by atoms with Crippen LogP contribution in [-0.2, 0) is 4.79 Å². The smallest absolute Gasteiger partial charge is 0.257 e. The number of hydrogen-bond acceptors (Lipinski definition) is 5. The Morgan fingerprint density at radius 3 is 2.41 bits per heavy atom. The zero-order valence-electron chi connectivity index (χ0n) is 16.7. The molecule has 32 heavy (non-hydrogen) atoms. The summed E-state index contributed by atoms with van der Waals surface area (Å²) < 4.78 is 14.9. The number of amides is 2. The lowest BCUT2D eigenvalue weighted by atomic mass is 10.1. The molecule has 3 aromatic carbocycles. The minimum atomic E-state index is -0.413. The highest BCUT2D eigenvalue weighted by molar-refractivity contribution is 7.99. The minimum Gasteiger partial charge on any atom is -0.325 e. The summed E-state index contributed by atoms with van der Waals surface area (Å²) in [4.78, 5) is 25.2. The molecule has 160 valence electrons. The Kier molecular flexibility index (Phi) is 6.57. The summed E-state index contributed by atoms with van der Waals surface area (Å²) in [6.07, 6.45) is 1.59. The van der Waals surface area contributed by atoms with Crippen LogP contribution in [0, 0.1) is 5.82 Å². The zero-order chi connectivity index (χ0) is 22.3. The fraction of sp³-hybridized carbons (Fsp3) is 0.0435. The lowest BCUT2D eigenvalue weighted by Crippen LogP contribution is -2.19. The van der Waals surface area contributed by atoms with E-state index < -0.39 is 11.7 Å². The van der Waals surface area contributed by atoms with Gasteiger partial charge >= 0.3 is 0 Å². The molecule has 0 spiro atoms. The van der Waals surface area contributed by atoms with Gasteiger partial charge < -0.3 is 10.6 Å². The van der Waals surface area contributed by atoms with E-state index in [1.54, 1.807) is 35.2 Å². The van der Waals surface area contributed by atoms with E-state index in [0.717, 1.165) is 5.69 Å². The second-order valence-corrected chi connectivity index (χ2v) is 7.61. The van der Waals surface area contributed by atoms with Crippen molar-refractivity contribution in [1.29, 1.82) is 0 Å². The summed E-state index contributed by atoms with van der Waals surface area (Å²) in [6, 6.07) is 21.7. The lowest BCUT2D eigenvalue weighted by Gasteiger charge is -2.11. The van der Waals surface area contributed by atoms with Gasteiger partial charge in [-0.25, -0.2) is 4.39 Å². The van der Waals surface area contributed by atoms with Crippen molar-refractivity contribution in [3.05, 3.63) is 96.6 Å². The number of anilines is 2. The van der Waals surface area contributed by atoms with Crippen LogP contribution >= 0.6 is 11.8 Å². The van der Waals surface area contributed by atoms with Crippen molar-refractivity contribution in [3.63, 3.8) is 0 Å². The molecular weight excluding hydrogens is 429 g/mol. The first kappa shape index (κ1) is 21.3. The first-order valence-electron chi connectivity index (χ1n) is 9.64. The number of halogens is 1. The van der Waals surface area contributed by atoms with Gasteiger partial charge in [-0.15, -0.1) is 10.2 Å². The molecule has 0 aliphatic heterocycles. The topological polar surface area (TPSA) is 88.9 Å². The first-order chi connectivity index (χ1) is 15.6. The zero-order valence-corrected chi connectivity index (χ0v) is 17.6. The Labute approximate surface area is 187 Å². The largest absolute Gasteiger partial charge is 0.325 e. The quantitative estimate of drug-likeness (QED) is 0.410. The van der Waals surface area contributed by atoms with Crippen LogP contribution in [0.5, 0.6) is 0 Å². The number of aromatic nitrogens is 3. The van der Waals surface area contributed by atoms with E-state index in [4.69, 9.17) is 0 Å². The maximum absolute atomic E-state index is 13.1. The van der Waals surface area contributed by atoms with E-state index in [1.165, 1.54) is 36.0 Å². The molecule has 2 amide bonds. The van der Waals surface area contributed by atoms with Gasteiger partial charge in [0.05, 0.1) is 17.0 Å². The molecule has 9 heteroatoms. The molecule has 2 N–H and O–H groups in total. The molecule has 0 saturated carbocycles. The van der Waals surface area contributed by atoms with Crippen molar-refractivity contribution in [2.45, 2.75) is 5.16 Å². The van der Waals surface area contributed by atoms with Gasteiger partial charge in [0.25, 0.3) is 5.91 Å². The monoisotopic (exact) mass is 447 g/mol. The molecule has 0 radical (unpaired) electrons. The highest BCUT2D eigenvalue weighted by Crippen LogP contribution is 2.21. The van der Waals surface area contributed by atoms with Gasteiger partial charge in [-0.05, 0) is 48.5 Å². The number of hydrogen-bond donors (Lipinski definition) is 2. The van der Waals surface area contributed by atoms with Crippen molar-refractivity contribution in [1.82, 2.24) is 14.8 Å². The summed E-state index contributed by atoms with van der Waals surface area (Å²) in [6.45, 7) is 0. The van der Waals surface area contributed by atoms with Crippen LogP contribution in [-0.4, -0.2) is 32.3 Å². The number of carbonyl (C=O) groups is 2. The van der Waals surface area contributed by atoms with Crippen LogP contribution in [0.2, 0.25) is 0 Å². The summed E-state index contributed by atoms with van der Waals surface area (Å²) in [5.74, 6) is -1.01. The normalized spacial score (nSPS) is 10.5. The van der Waals surface area contributed by atoms with Gasteiger partial charge in [0.1, 0.15) is 12.1 Å². The van der Waals surface area contributed by atoms with Crippen molar-refractivity contribution in [2.75, 3.05) is 16.4 Å². The van der Waals surface area contributed by atoms with Crippen LogP contribution in [0.15, 0.2) is 90.3 Å². The van der Waals surface area contributed by atoms with Crippen LogP contribution in [0.4, 0.5) is 15.8 Å². The Bertz CT molecular complexity index is 1230. The Morgan fingerprint density at radius 2 is 1.62 bits per heavy atom. The van der Waals surface area contributed by atoms with Gasteiger partial charge in [0, 0.05) is 11.4 Å². The summed E-state index contributed by atoms with van der Waals surface area (Å²) in [5, 5.41) is 14.0. The molecule has 1 heterocycles. The average Bonchev–Trinajstić information content (AvgIpc) is 3.29. The average molecular weight is 447 g/mol. The van der Waals surface area contributed by atoms with Crippen molar-refractivity contribution in [2.24, 2.45) is 0 Å². The van der Waals surface area contributed by atoms with E-state index in [2.05, 4.69) is 20.8 Å². The molecule has 0 fully saturated rings. The van der Waals surface area contributed by atoms with E-state index in [0.29, 0.717) is 22.1 Å². The number of para-hydroxylation sites is 2. The third-order valence-corrected chi connectivity index (χ3v) is 5.37. The second-order valence-electron chi connectivity index (χ2n) is 6.66. The Balaban J connectivity index is 1.41. The predicted octanol–water partition coefficient (Wildman–Crippen LogP) is 4.39. The molecule has 0 atom stereocenters. The fourth-order valence-corrected chi connectivity index (χ4v) is 3.66. The van der Waals surface area contributed by atoms with Crippen molar-refractivity contribution >= 4 is 35.0 Å². The van der Waals surface area contributed by atoms with E-state index >= 15 is 0 Å². The Morgan fingerprint density at radius 1 is 0.906 bits per heavy atom. The molecule has 1 aromatic heterocycles. The van der Waals surface area contributed by atoms with Crippen LogP contribution in [0.3, 0.4) is 0 Å². The molecular formula is C23H18FN5O2S. The number of nitrogens with zero attached hydrogens (tertiary/aromatic N) is 3. The molecule has 0 aliphatic rings. The van der Waals surface area contributed by atoms with Gasteiger partial charge in [0.2, 0.25) is 5.91 Å². The second kappa shape index (κ2) is 9.88. The third kappa shape index (κ3) is 5.19. The summed E-state index contributed by atoms with van der Waals surface area (Å²) >= 11 is 1.24. The summed E-state index contributed by atoms with van der Waals surface area (Å²) in [5.41, 5.74) is 2.02. The molecule has 0 saturated heterocycles. The van der Waals surface area contributed by atoms with E-state index in [9.17, 15) is 14.0 Å². The number of thioether (sulfide) groups is 1. The molecule has 0 bridgehead atoms. The fourth-order valence-electron chi connectivity index (χ4n) is 2.93. The number of benzene rings is 3. The maximum atomic E-state index is 13.1. The number of nitrogens with one attached hydrogen (secondary N) is 2. The minimum absolute atomic E-state index is 0.0828. The van der Waals surface area contributed by atoms with Gasteiger partial charge in [-0.3, -0.25) is 14.2 Å². The molecule has 4 rings (SSSR count). The maximum Gasteiger partial charge on any atom is 0.257 e. The summed E-state index contributed by atoms with van der Waals surface area (Å²) in [7, 11) is 0. The highest BCUT2D eigenvalue weighted by atomic mass is 32.2. The first-order valence-corrected chi connectivity index (χ1v) is 10.6. The number of carbonyl (C=O) groups excluding carboxylic acids is 2. The van der Waals surface area contributed by atoms with Crippen LogP contribution in [0.25, 0.3) is 5.69 Å². The highest BCUT2D eigenvalue weighted by Gasteiger charge is 2.15. The molecule has 0 unspecified atom stereocenters. The van der Waals surface area contributed by atoms with Crippen LogP contribution in [0.1, 0.15) is 10.4 Å². The van der Waals surface area contributed by atoms with E-state index in [-0.39, 0.29) is 11.7 Å². The van der Waals surface area contributed by atoms with Gasteiger partial charge in [-0.1, -0.05) is 42.1 Å². The van der Waals surface area contributed by atoms with Crippen LogP contribution < -0.4 is 10.6 Å². The van der Waals surface area contributed by atoms with Crippen molar-refractivity contribution in [3.8, 4) is 5.69 Å². The van der Waals surface area contributed by atoms with Crippen molar-refractivity contribution < 1.29 is 14.0 Å². The Hall–Kier alpha value is -3.98. The molecule has 0 aliphatic carbocycles. The SMILES string of the molecule is O=C(CSc1nncn1-c1ccccc1)Nc1ccccc1C(=O)Nc1ccc(F)cc1. The lowest BCUT2D eigenvalue weighted by molar-refractivity contribution is -0.113. The third-order valence-electron chi connectivity index (χ3n) is 4.43. The predicted molar refractivity (Wildman–Crippen MR) is 122 cm³/mol. The van der Waals surface area contributed by atoms with Gasteiger partial charge in [0.15, 0.2) is 5.16 Å². The molecule has 4 aromatic rings. The standard InChI is InChI=1S/C23H18FN5O2S/c24-16-10-12-17(13-11-16)26-22(31)19-8-4-5-9-20(19)27-21(30)14-32-23-28-25-15-29(23)18-6-2-1-3-7-18/h1-13,15H,14H2,(H,26,31)(H,27,30). The number of rotatable bonds is 7.